The Hall–Kier alpha value is -0.480. The lowest BCUT2D eigenvalue weighted by molar-refractivity contribution is 0.0790. The SMILES string of the molecule is CSc1ccccc1C(=O)N1CCC(Br)C1. The maximum absolute atomic E-state index is 12.3. The van der Waals surface area contributed by atoms with Crippen LogP contribution >= 0.6 is 27.7 Å². The summed E-state index contributed by atoms with van der Waals surface area (Å²) in [7, 11) is 0. The van der Waals surface area contributed by atoms with E-state index in [2.05, 4.69) is 15.9 Å². The molecule has 0 spiro atoms. The molecule has 0 saturated carbocycles. The van der Waals surface area contributed by atoms with Gasteiger partial charge in [0.05, 0.1) is 5.56 Å². The molecule has 86 valence electrons. The minimum atomic E-state index is 0.159. The Kier molecular flexibility index (Phi) is 3.92. The standard InChI is InChI=1S/C12H14BrNOS/c1-16-11-5-3-2-4-10(11)12(15)14-7-6-9(13)8-14/h2-5,9H,6-8H2,1H3. The number of hydrogen-bond donors (Lipinski definition) is 0. The second-order valence-electron chi connectivity index (χ2n) is 3.84. The Morgan fingerprint density at radius 1 is 1.50 bits per heavy atom. The maximum Gasteiger partial charge on any atom is 0.255 e. The van der Waals surface area contributed by atoms with Crippen LogP contribution in [0.3, 0.4) is 0 Å². The highest BCUT2D eigenvalue weighted by molar-refractivity contribution is 9.09. The normalized spacial score (nSPS) is 20.1. The van der Waals surface area contributed by atoms with Gasteiger partial charge in [-0.05, 0) is 24.8 Å². The summed E-state index contributed by atoms with van der Waals surface area (Å²) in [6.07, 6.45) is 3.05. The summed E-state index contributed by atoms with van der Waals surface area (Å²) in [6.45, 7) is 1.68. The molecule has 0 aliphatic carbocycles. The second-order valence-corrected chi connectivity index (χ2v) is 5.98. The molecular formula is C12H14BrNOS. The molecule has 0 bridgehead atoms. The molecule has 4 heteroatoms. The van der Waals surface area contributed by atoms with Crippen LogP contribution in [0.4, 0.5) is 0 Å². The van der Waals surface area contributed by atoms with E-state index in [0.29, 0.717) is 4.83 Å². The predicted octanol–water partition coefficient (Wildman–Crippen LogP) is 3.02. The molecule has 1 aliphatic heterocycles. The molecule has 1 atom stereocenters. The molecule has 1 heterocycles. The molecule has 1 aromatic rings. The van der Waals surface area contributed by atoms with E-state index in [9.17, 15) is 4.79 Å². The number of amides is 1. The molecule has 1 aromatic carbocycles. The third-order valence-corrected chi connectivity index (χ3v) is 4.30. The van der Waals surface area contributed by atoms with Gasteiger partial charge in [0.2, 0.25) is 0 Å². The topological polar surface area (TPSA) is 20.3 Å². The zero-order valence-electron chi connectivity index (χ0n) is 9.15. The van der Waals surface area contributed by atoms with Crippen LogP contribution in [0.15, 0.2) is 29.2 Å². The van der Waals surface area contributed by atoms with Gasteiger partial charge < -0.3 is 4.90 Å². The second kappa shape index (κ2) is 5.23. The Morgan fingerprint density at radius 2 is 2.25 bits per heavy atom. The van der Waals surface area contributed by atoms with Gasteiger partial charge in [-0.1, -0.05) is 28.1 Å². The van der Waals surface area contributed by atoms with Crippen molar-refractivity contribution in [1.29, 1.82) is 0 Å². The molecule has 0 N–H and O–H groups in total. The first-order valence-corrected chi connectivity index (χ1v) is 7.43. The van der Waals surface area contributed by atoms with Crippen LogP contribution in [0.25, 0.3) is 0 Å². The van der Waals surface area contributed by atoms with Crippen LogP contribution in [0, 0.1) is 0 Å². The minimum Gasteiger partial charge on any atom is -0.337 e. The fraction of sp³-hybridized carbons (Fsp3) is 0.417. The molecule has 0 aromatic heterocycles. The summed E-state index contributed by atoms with van der Waals surface area (Å²) in [4.78, 5) is 15.7. The van der Waals surface area contributed by atoms with Crippen LogP contribution in [0.5, 0.6) is 0 Å². The van der Waals surface area contributed by atoms with Gasteiger partial charge >= 0.3 is 0 Å². The van der Waals surface area contributed by atoms with E-state index >= 15 is 0 Å². The first-order valence-electron chi connectivity index (χ1n) is 5.28. The van der Waals surface area contributed by atoms with Crippen LogP contribution < -0.4 is 0 Å². The average molecular weight is 300 g/mol. The number of halogens is 1. The number of thioether (sulfide) groups is 1. The summed E-state index contributed by atoms with van der Waals surface area (Å²) in [6, 6.07) is 7.81. The summed E-state index contributed by atoms with van der Waals surface area (Å²) >= 11 is 5.18. The lowest BCUT2D eigenvalue weighted by atomic mass is 10.2. The zero-order chi connectivity index (χ0) is 11.5. The number of hydrogen-bond acceptors (Lipinski definition) is 2. The van der Waals surface area contributed by atoms with Crippen molar-refractivity contribution in [2.75, 3.05) is 19.3 Å². The van der Waals surface area contributed by atoms with E-state index in [1.165, 1.54) is 0 Å². The summed E-state index contributed by atoms with van der Waals surface area (Å²) in [5.41, 5.74) is 0.830. The quantitative estimate of drug-likeness (QED) is 0.618. The number of carbonyl (C=O) groups excluding carboxylic acids is 1. The van der Waals surface area contributed by atoms with Gasteiger partial charge in [0.15, 0.2) is 0 Å². The molecule has 1 unspecified atom stereocenters. The van der Waals surface area contributed by atoms with Gasteiger partial charge in [-0.15, -0.1) is 11.8 Å². The van der Waals surface area contributed by atoms with E-state index in [4.69, 9.17) is 0 Å². The van der Waals surface area contributed by atoms with Crippen molar-refractivity contribution in [2.45, 2.75) is 16.1 Å². The predicted molar refractivity (Wildman–Crippen MR) is 71.5 cm³/mol. The number of nitrogens with zero attached hydrogens (tertiary/aromatic N) is 1. The van der Waals surface area contributed by atoms with E-state index < -0.39 is 0 Å². The van der Waals surface area contributed by atoms with Crippen molar-refractivity contribution in [3.8, 4) is 0 Å². The van der Waals surface area contributed by atoms with Gasteiger partial charge in [0.25, 0.3) is 5.91 Å². The molecule has 1 fully saturated rings. The molecule has 2 rings (SSSR count). The summed E-state index contributed by atoms with van der Waals surface area (Å²) < 4.78 is 0. The minimum absolute atomic E-state index is 0.159. The third-order valence-electron chi connectivity index (χ3n) is 2.76. The van der Waals surface area contributed by atoms with Gasteiger partial charge in [-0.2, -0.15) is 0 Å². The van der Waals surface area contributed by atoms with E-state index in [0.717, 1.165) is 30.0 Å². The van der Waals surface area contributed by atoms with Crippen LogP contribution in [-0.2, 0) is 0 Å². The first-order chi connectivity index (χ1) is 7.72. The van der Waals surface area contributed by atoms with Gasteiger partial charge in [-0.25, -0.2) is 0 Å². The Morgan fingerprint density at radius 3 is 2.88 bits per heavy atom. The largest absolute Gasteiger partial charge is 0.337 e. The average Bonchev–Trinajstić information content (AvgIpc) is 2.75. The van der Waals surface area contributed by atoms with Crippen molar-refractivity contribution in [3.05, 3.63) is 29.8 Å². The molecule has 1 aliphatic rings. The Balaban J connectivity index is 2.20. The molecular weight excluding hydrogens is 286 g/mol. The first kappa shape index (κ1) is 12.0. The van der Waals surface area contributed by atoms with Crippen molar-refractivity contribution in [2.24, 2.45) is 0 Å². The van der Waals surface area contributed by atoms with Crippen LogP contribution in [0.1, 0.15) is 16.8 Å². The van der Waals surface area contributed by atoms with Crippen LogP contribution in [-0.4, -0.2) is 35.0 Å². The van der Waals surface area contributed by atoms with Crippen molar-refractivity contribution >= 4 is 33.6 Å². The fourth-order valence-electron chi connectivity index (χ4n) is 1.89. The van der Waals surface area contributed by atoms with Gasteiger partial charge in [0, 0.05) is 22.8 Å². The smallest absolute Gasteiger partial charge is 0.255 e. The Labute approximate surface area is 109 Å². The summed E-state index contributed by atoms with van der Waals surface area (Å²) in [5, 5.41) is 0. The number of carbonyl (C=O) groups is 1. The zero-order valence-corrected chi connectivity index (χ0v) is 11.6. The van der Waals surface area contributed by atoms with Crippen molar-refractivity contribution in [1.82, 2.24) is 4.90 Å². The van der Waals surface area contributed by atoms with Crippen molar-refractivity contribution < 1.29 is 4.79 Å². The number of benzene rings is 1. The number of alkyl halides is 1. The molecule has 1 amide bonds. The maximum atomic E-state index is 12.3. The third kappa shape index (κ3) is 2.43. The fourth-order valence-corrected chi connectivity index (χ4v) is 3.04. The monoisotopic (exact) mass is 299 g/mol. The van der Waals surface area contributed by atoms with Crippen LogP contribution in [0.2, 0.25) is 0 Å². The molecule has 16 heavy (non-hydrogen) atoms. The van der Waals surface area contributed by atoms with E-state index in [1.807, 2.05) is 35.4 Å². The van der Waals surface area contributed by atoms with Gasteiger partial charge in [-0.3, -0.25) is 4.79 Å². The lowest BCUT2D eigenvalue weighted by Gasteiger charge is -2.17. The highest BCUT2D eigenvalue weighted by Gasteiger charge is 2.26. The number of likely N-dealkylation sites (tertiary alicyclic amines) is 1. The molecule has 0 radical (unpaired) electrons. The summed E-state index contributed by atoms with van der Waals surface area (Å²) in [5.74, 6) is 0.159. The Bertz CT molecular complexity index is 396. The highest BCUT2D eigenvalue weighted by Crippen LogP contribution is 2.24. The van der Waals surface area contributed by atoms with E-state index in [-0.39, 0.29) is 5.91 Å². The van der Waals surface area contributed by atoms with Gasteiger partial charge in [0.1, 0.15) is 0 Å². The van der Waals surface area contributed by atoms with Crippen molar-refractivity contribution in [3.63, 3.8) is 0 Å². The van der Waals surface area contributed by atoms with E-state index in [1.54, 1.807) is 11.8 Å². The highest BCUT2D eigenvalue weighted by atomic mass is 79.9. The molecule has 1 saturated heterocycles. The molecule has 2 nitrogen and oxygen atoms in total. The number of rotatable bonds is 2. The lowest BCUT2D eigenvalue weighted by Crippen LogP contribution is -2.29.